The third-order valence-corrected chi connectivity index (χ3v) is 1.14. The smallest absolute Gasteiger partial charge is 0.106 e. The minimum Gasteiger partial charge on any atom is -0.399 e. The van der Waals surface area contributed by atoms with E-state index in [0.717, 1.165) is 25.2 Å². The van der Waals surface area contributed by atoms with Gasteiger partial charge in [-0.15, -0.1) is 0 Å². The van der Waals surface area contributed by atoms with Gasteiger partial charge in [-0.05, 0) is 0 Å². The molecule has 1 heterocycles. The number of oxime groups is 1. The molecule has 46 valence electrons. The van der Waals surface area contributed by atoms with Crippen LogP contribution in [-0.4, -0.2) is 25.9 Å². The molecule has 0 spiro atoms. The van der Waals surface area contributed by atoms with Crippen molar-refractivity contribution in [2.75, 3.05) is 20.2 Å². The Labute approximate surface area is 48.7 Å². The highest BCUT2D eigenvalue weighted by Crippen LogP contribution is 1.91. The summed E-state index contributed by atoms with van der Waals surface area (Å²) in [7, 11) is 1.57. The minimum absolute atomic E-state index is 0.897. The molecule has 1 saturated heterocycles. The molecular formula is C5H10N2O. The molecular weight excluding hydrogens is 104 g/mol. The molecule has 0 aromatic rings. The van der Waals surface area contributed by atoms with Crippen LogP contribution in [0.5, 0.6) is 0 Å². The second-order valence-corrected chi connectivity index (χ2v) is 1.77. The number of hydrogen-bond donors (Lipinski definition) is 1. The Kier molecular flexibility index (Phi) is 1.86. The van der Waals surface area contributed by atoms with Crippen LogP contribution < -0.4 is 5.32 Å². The van der Waals surface area contributed by atoms with Crippen molar-refractivity contribution >= 4 is 5.71 Å². The minimum atomic E-state index is 0.897. The van der Waals surface area contributed by atoms with Crippen molar-refractivity contribution in [2.24, 2.45) is 5.16 Å². The van der Waals surface area contributed by atoms with Crippen LogP contribution in [0.2, 0.25) is 0 Å². The van der Waals surface area contributed by atoms with Gasteiger partial charge >= 0.3 is 0 Å². The first-order valence-electron chi connectivity index (χ1n) is 2.73. The standard InChI is InChI=1S/C5H10N2O/c1-8-7-5-2-3-6-4-5/h6H,2-4H2,1H3. The quantitative estimate of drug-likeness (QED) is 0.486. The fraction of sp³-hybridized carbons (Fsp3) is 0.800. The summed E-state index contributed by atoms with van der Waals surface area (Å²) in [4.78, 5) is 4.57. The molecule has 0 saturated carbocycles. The molecule has 0 aliphatic carbocycles. The van der Waals surface area contributed by atoms with E-state index in [1.54, 1.807) is 7.11 Å². The lowest BCUT2D eigenvalue weighted by Crippen LogP contribution is -2.08. The van der Waals surface area contributed by atoms with E-state index in [9.17, 15) is 0 Å². The van der Waals surface area contributed by atoms with E-state index in [1.807, 2.05) is 0 Å². The largest absolute Gasteiger partial charge is 0.399 e. The zero-order valence-corrected chi connectivity index (χ0v) is 4.98. The van der Waals surface area contributed by atoms with Crippen LogP contribution in [-0.2, 0) is 4.84 Å². The van der Waals surface area contributed by atoms with E-state index >= 15 is 0 Å². The van der Waals surface area contributed by atoms with E-state index < -0.39 is 0 Å². The van der Waals surface area contributed by atoms with E-state index in [0.29, 0.717) is 0 Å². The SMILES string of the molecule is CON=C1CCNC1. The van der Waals surface area contributed by atoms with E-state index in [2.05, 4.69) is 15.3 Å². The van der Waals surface area contributed by atoms with Gasteiger partial charge in [0.05, 0.1) is 5.71 Å². The van der Waals surface area contributed by atoms with Crippen LogP contribution in [0.15, 0.2) is 5.16 Å². The maximum absolute atomic E-state index is 4.57. The Morgan fingerprint density at radius 1 is 1.75 bits per heavy atom. The Morgan fingerprint density at radius 2 is 2.62 bits per heavy atom. The van der Waals surface area contributed by atoms with Crippen LogP contribution in [0.1, 0.15) is 6.42 Å². The molecule has 1 aliphatic rings. The molecule has 1 N–H and O–H groups in total. The first-order chi connectivity index (χ1) is 3.93. The summed E-state index contributed by atoms with van der Waals surface area (Å²) in [6.45, 7) is 1.94. The number of hydrogen-bond acceptors (Lipinski definition) is 3. The molecule has 0 radical (unpaired) electrons. The second kappa shape index (κ2) is 2.67. The van der Waals surface area contributed by atoms with Gasteiger partial charge in [-0.3, -0.25) is 0 Å². The van der Waals surface area contributed by atoms with Gasteiger partial charge in [-0.25, -0.2) is 0 Å². The average molecular weight is 114 g/mol. The summed E-state index contributed by atoms with van der Waals surface area (Å²) >= 11 is 0. The maximum atomic E-state index is 4.57. The van der Waals surface area contributed by atoms with Crippen molar-refractivity contribution in [3.63, 3.8) is 0 Å². The average Bonchev–Trinajstić information content (AvgIpc) is 2.19. The summed E-state index contributed by atoms with van der Waals surface area (Å²) < 4.78 is 0. The monoisotopic (exact) mass is 114 g/mol. The lowest BCUT2D eigenvalue weighted by molar-refractivity contribution is 0.212. The summed E-state index contributed by atoms with van der Waals surface area (Å²) in [5.74, 6) is 0. The molecule has 1 aliphatic heterocycles. The third kappa shape index (κ3) is 1.20. The van der Waals surface area contributed by atoms with Crippen molar-refractivity contribution in [1.82, 2.24) is 5.32 Å². The van der Waals surface area contributed by atoms with Gasteiger partial charge in [-0.1, -0.05) is 5.16 Å². The summed E-state index contributed by atoms with van der Waals surface area (Å²) in [5, 5.41) is 6.92. The molecule has 0 aromatic carbocycles. The van der Waals surface area contributed by atoms with E-state index in [-0.39, 0.29) is 0 Å². The van der Waals surface area contributed by atoms with Crippen molar-refractivity contribution in [2.45, 2.75) is 6.42 Å². The fourth-order valence-electron chi connectivity index (χ4n) is 0.761. The van der Waals surface area contributed by atoms with Crippen LogP contribution in [0.3, 0.4) is 0 Å². The lowest BCUT2D eigenvalue weighted by atomic mass is 10.3. The molecule has 8 heavy (non-hydrogen) atoms. The molecule has 3 heteroatoms. The number of rotatable bonds is 1. The van der Waals surface area contributed by atoms with Gasteiger partial charge < -0.3 is 10.2 Å². The highest BCUT2D eigenvalue weighted by Gasteiger charge is 2.05. The summed E-state index contributed by atoms with van der Waals surface area (Å²) in [5.41, 5.74) is 1.12. The normalized spacial score (nSPS) is 24.4. The molecule has 0 aromatic heterocycles. The van der Waals surface area contributed by atoms with E-state index in [4.69, 9.17) is 0 Å². The van der Waals surface area contributed by atoms with Gasteiger partial charge in [-0.2, -0.15) is 0 Å². The fourth-order valence-corrected chi connectivity index (χ4v) is 0.761. The van der Waals surface area contributed by atoms with Crippen molar-refractivity contribution in [3.8, 4) is 0 Å². The van der Waals surface area contributed by atoms with Crippen LogP contribution in [0.4, 0.5) is 0 Å². The number of nitrogens with one attached hydrogen (secondary N) is 1. The molecule has 1 rings (SSSR count). The maximum Gasteiger partial charge on any atom is 0.106 e. The first kappa shape index (κ1) is 5.56. The predicted molar refractivity (Wildman–Crippen MR) is 31.9 cm³/mol. The Bertz CT molecular complexity index is 92.6. The summed E-state index contributed by atoms with van der Waals surface area (Å²) in [6.07, 6.45) is 1.04. The lowest BCUT2D eigenvalue weighted by Gasteiger charge is -1.88. The highest BCUT2D eigenvalue weighted by atomic mass is 16.6. The molecule has 3 nitrogen and oxygen atoms in total. The highest BCUT2D eigenvalue weighted by molar-refractivity contribution is 5.87. The molecule has 1 fully saturated rings. The third-order valence-electron chi connectivity index (χ3n) is 1.14. The first-order valence-corrected chi connectivity index (χ1v) is 2.73. The van der Waals surface area contributed by atoms with Crippen LogP contribution in [0, 0.1) is 0 Å². The molecule has 0 amide bonds. The van der Waals surface area contributed by atoms with E-state index in [1.165, 1.54) is 0 Å². The second-order valence-electron chi connectivity index (χ2n) is 1.77. The van der Waals surface area contributed by atoms with Crippen molar-refractivity contribution in [1.29, 1.82) is 0 Å². The zero-order valence-electron chi connectivity index (χ0n) is 4.98. The van der Waals surface area contributed by atoms with Crippen LogP contribution in [0.25, 0.3) is 0 Å². The van der Waals surface area contributed by atoms with Gasteiger partial charge in [0.15, 0.2) is 0 Å². The molecule has 0 bridgehead atoms. The topological polar surface area (TPSA) is 33.6 Å². The predicted octanol–water partition coefficient (Wildman–Crippen LogP) is -0.0179. The van der Waals surface area contributed by atoms with Gasteiger partial charge in [0.1, 0.15) is 7.11 Å². The Balaban J connectivity index is 2.33. The molecule has 0 atom stereocenters. The van der Waals surface area contributed by atoms with Crippen molar-refractivity contribution < 1.29 is 4.84 Å². The Hall–Kier alpha value is -0.570. The number of nitrogens with zero attached hydrogens (tertiary/aromatic N) is 1. The van der Waals surface area contributed by atoms with Crippen LogP contribution >= 0.6 is 0 Å². The zero-order chi connectivity index (χ0) is 5.82. The van der Waals surface area contributed by atoms with Gasteiger partial charge in [0.2, 0.25) is 0 Å². The van der Waals surface area contributed by atoms with Crippen molar-refractivity contribution in [3.05, 3.63) is 0 Å². The Morgan fingerprint density at radius 3 is 3.12 bits per heavy atom. The van der Waals surface area contributed by atoms with Gasteiger partial charge in [0.25, 0.3) is 0 Å². The van der Waals surface area contributed by atoms with Gasteiger partial charge in [0, 0.05) is 19.5 Å². The molecule has 0 unspecified atom stereocenters. The summed E-state index contributed by atoms with van der Waals surface area (Å²) in [6, 6.07) is 0.